The monoisotopic (exact) mass is 256 g/mol. The molecule has 1 aliphatic rings. The lowest BCUT2D eigenvalue weighted by molar-refractivity contribution is 0.535. The Hall–Kier alpha value is -0.810. The molecule has 0 bridgehead atoms. The van der Waals surface area contributed by atoms with Gasteiger partial charge in [0.15, 0.2) is 0 Å². The van der Waals surface area contributed by atoms with Crippen LogP contribution in [0.5, 0.6) is 0 Å². The first-order valence-electron chi connectivity index (χ1n) is 6.08. The molecule has 0 amide bonds. The second-order valence-corrected chi connectivity index (χ2v) is 7.15. The Morgan fingerprint density at radius 3 is 3.00 bits per heavy atom. The van der Waals surface area contributed by atoms with Gasteiger partial charge in [0.25, 0.3) is 0 Å². The van der Waals surface area contributed by atoms with Crippen molar-refractivity contribution >= 4 is 9.84 Å². The third-order valence-corrected chi connectivity index (χ3v) is 4.39. The minimum absolute atomic E-state index is 0.162. The van der Waals surface area contributed by atoms with Crippen molar-refractivity contribution in [3.63, 3.8) is 0 Å². The van der Waals surface area contributed by atoms with Crippen LogP contribution in [0.25, 0.3) is 0 Å². The van der Waals surface area contributed by atoms with Crippen molar-refractivity contribution in [2.24, 2.45) is 5.73 Å². The Balaban J connectivity index is 2.03. The fourth-order valence-corrected chi connectivity index (χ4v) is 3.15. The van der Waals surface area contributed by atoms with Crippen molar-refractivity contribution in [1.29, 1.82) is 0 Å². The topological polar surface area (TPSA) is 65.1 Å². The first-order chi connectivity index (χ1) is 7.97. The molecule has 0 spiro atoms. The van der Waals surface area contributed by atoms with Gasteiger partial charge in [0, 0.05) is 30.7 Å². The predicted molar refractivity (Wildman–Crippen MR) is 68.6 cm³/mol. The SMILES string of the molecule is CS(=O)(=O)CCCn1ccc2c1CCCC2N. The summed E-state index contributed by atoms with van der Waals surface area (Å²) in [5.41, 5.74) is 8.60. The lowest BCUT2D eigenvalue weighted by atomic mass is 9.94. The number of aromatic nitrogens is 1. The normalized spacial score (nSPS) is 20.2. The second kappa shape index (κ2) is 4.82. The number of hydrogen-bond donors (Lipinski definition) is 1. The van der Waals surface area contributed by atoms with E-state index in [1.165, 1.54) is 17.5 Å². The molecule has 96 valence electrons. The van der Waals surface area contributed by atoms with Crippen LogP contribution in [0.3, 0.4) is 0 Å². The maximum absolute atomic E-state index is 11.1. The molecule has 2 N–H and O–H groups in total. The molecule has 1 unspecified atom stereocenters. The largest absolute Gasteiger partial charge is 0.351 e. The summed E-state index contributed by atoms with van der Waals surface area (Å²) in [6.45, 7) is 0.773. The number of aryl methyl sites for hydroxylation is 1. The molecular formula is C12H20N2O2S. The van der Waals surface area contributed by atoms with Crippen LogP contribution in [0, 0.1) is 0 Å². The zero-order valence-electron chi connectivity index (χ0n) is 10.2. The Kier molecular flexibility index (Phi) is 3.58. The van der Waals surface area contributed by atoms with E-state index in [2.05, 4.69) is 10.6 Å². The van der Waals surface area contributed by atoms with Gasteiger partial charge in [-0.3, -0.25) is 0 Å². The number of rotatable bonds is 4. The maximum atomic E-state index is 11.1. The summed E-state index contributed by atoms with van der Waals surface area (Å²) < 4.78 is 24.3. The first-order valence-corrected chi connectivity index (χ1v) is 8.14. The molecule has 1 aliphatic carbocycles. The van der Waals surface area contributed by atoms with Crippen LogP contribution in [0.4, 0.5) is 0 Å². The average Bonchev–Trinajstić information content (AvgIpc) is 2.61. The van der Waals surface area contributed by atoms with Gasteiger partial charge >= 0.3 is 0 Å². The van der Waals surface area contributed by atoms with E-state index < -0.39 is 9.84 Å². The van der Waals surface area contributed by atoms with Gasteiger partial charge in [-0.2, -0.15) is 0 Å². The van der Waals surface area contributed by atoms with E-state index in [-0.39, 0.29) is 11.8 Å². The van der Waals surface area contributed by atoms with Gasteiger partial charge in [-0.05, 0) is 37.3 Å². The quantitative estimate of drug-likeness (QED) is 0.882. The third-order valence-electron chi connectivity index (χ3n) is 3.36. The van der Waals surface area contributed by atoms with Crippen LogP contribution in [-0.4, -0.2) is 25.0 Å². The van der Waals surface area contributed by atoms with Crippen molar-refractivity contribution in [3.8, 4) is 0 Å². The van der Waals surface area contributed by atoms with Crippen molar-refractivity contribution in [2.75, 3.05) is 12.0 Å². The summed E-state index contributed by atoms with van der Waals surface area (Å²) in [6, 6.07) is 2.24. The molecule has 0 saturated carbocycles. The van der Waals surface area contributed by atoms with Crippen LogP contribution in [0.1, 0.15) is 36.6 Å². The number of nitrogens with two attached hydrogens (primary N) is 1. The Morgan fingerprint density at radius 2 is 2.29 bits per heavy atom. The highest BCUT2D eigenvalue weighted by Crippen LogP contribution is 2.28. The van der Waals surface area contributed by atoms with Gasteiger partial charge in [-0.25, -0.2) is 8.42 Å². The fraction of sp³-hybridized carbons (Fsp3) is 0.667. The summed E-state index contributed by atoms with van der Waals surface area (Å²) in [6.07, 6.45) is 7.25. The van der Waals surface area contributed by atoms with Gasteiger partial charge in [-0.1, -0.05) is 0 Å². The molecule has 1 heterocycles. The van der Waals surface area contributed by atoms with Crippen LogP contribution in [0.15, 0.2) is 12.3 Å². The number of fused-ring (bicyclic) bond motifs is 1. The minimum Gasteiger partial charge on any atom is -0.351 e. The number of nitrogens with zero attached hydrogens (tertiary/aromatic N) is 1. The molecular weight excluding hydrogens is 236 g/mol. The Bertz CT molecular complexity index is 491. The molecule has 1 aromatic rings. The third kappa shape index (κ3) is 3.10. The maximum Gasteiger partial charge on any atom is 0.147 e. The summed E-state index contributed by atoms with van der Waals surface area (Å²) in [4.78, 5) is 0. The lowest BCUT2D eigenvalue weighted by Crippen LogP contribution is -2.18. The van der Waals surface area contributed by atoms with Gasteiger partial charge in [0.1, 0.15) is 9.84 Å². The van der Waals surface area contributed by atoms with E-state index in [1.807, 2.05) is 6.20 Å². The van der Waals surface area contributed by atoms with Gasteiger partial charge in [0.05, 0.1) is 5.75 Å². The Morgan fingerprint density at radius 1 is 1.53 bits per heavy atom. The van der Waals surface area contributed by atoms with E-state index in [9.17, 15) is 8.42 Å². The van der Waals surface area contributed by atoms with E-state index in [1.54, 1.807) is 0 Å². The molecule has 0 saturated heterocycles. The van der Waals surface area contributed by atoms with Crippen LogP contribution in [-0.2, 0) is 22.8 Å². The van der Waals surface area contributed by atoms with Crippen LogP contribution in [0.2, 0.25) is 0 Å². The number of sulfone groups is 1. The van der Waals surface area contributed by atoms with Crippen molar-refractivity contribution in [3.05, 3.63) is 23.5 Å². The molecule has 0 aliphatic heterocycles. The molecule has 0 radical (unpaired) electrons. The molecule has 1 aromatic heterocycles. The van der Waals surface area contributed by atoms with Crippen LogP contribution >= 0.6 is 0 Å². The predicted octanol–water partition coefficient (Wildman–Crippen LogP) is 1.26. The smallest absolute Gasteiger partial charge is 0.147 e. The zero-order valence-corrected chi connectivity index (χ0v) is 11.0. The lowest BCUT2D eigenvalue weighted by Gasteiger charge is -2.20. The highest BCUT2D eigenvalue weighted by molar-refractivity contribution is 7.90. The van der Waals surface area contributed by atoms with Crippen molar-refractivity contribution in [2.45, 2.75) is 38.3 Å². The van der Waals surface area contributed by atoms with E-state index in [4.69, 9.17) is 5.73 Å². The molecule has 0 fully saturated rings. The van der Waals surface area contributed by atoms with E-state index >= 15 is 0 Å². The molecule has 0 aromatic carbocycles. The molecule has 4 nitrogen and oxygen atoms in total. The standard InChI is InChI=1S/C12H20N2O2S/c1-17(15,16)9-3-7-14-8-6-10-11(13)4-2-5-12(10)14/h6,8,11H,2-5,7,9,13H2,1H3. The summed E-state index contributed by atoms with van der Waals surface area (Å²) in [5.74, 6) is 0.256. The number of hydrogen-bond acceptors (Lipinski definition) is 3. The van der Waals surface area contributed by atoms with Crippen molar-refractivity contribution in [1.82, 2.24) is 4.57 Å². The summed E-state index contributed by atoms with van der Waals surface area (Å²) >= 11 is 0. The minimum atomic E-state index is -2.85. The fourth-order valence-electron chi connectivity index (χ4n) is 2.50. The molecule has 2 rings (SSSR count). The first kappa shape index (κ1) is 12.6. The van der Waals surface area contributed by atoms with Crippen LogP contribution < -0.4 is 5.73 Å². The van der Waals surface area contributed by atoms with Gasteiger partial charge in [-0.15, -0.1) is 0 Å². The highest BCUT2D eigenvalue weighted by atomic mass is 32.2. The van der Waals surface area contributed by atoms with E-state index in [0.29, 0.717) is 6.42 Å². The van der Waals surface area contributed by atoms with Gasteiger partial charge < -0.3 is 10.3 Å². The molecule has 17 heavy (non-hydrogen) atoms. The second-order valence-electron chi connectivity index (χ2n) is 4.89. The Labute approximate surface area is 103 Å². The van der Waals surface area contributed by atoms with Crippen molar-refractivity contribution < 1.29 is 8.42 Å². The molecule has 1 atom stereocenters. The zero-order chi connectivity index (χ0) is 12.5. The summed E-state index contributed by atoms with van der Waals surface area (Å²) in [7, 11) is -2.85. The average molecular weight is 256 g/mol. The van der Waals surface area contributed by atoms with E-state index in [0.717, 1.165) is 25.8 Å². The molecule has 5 heteroatoms. The highest BCUT2D eigenvalue weighted by Gasteiger charge is 2.19. The van der Waals surface area contributed by atoms with Gasteiger partial charge in [0.2, 0.25) is 0 Å². The summed E-state index contributed by atoms with van der Waals surface area (Å²) in [5, 5.41) is 0.